The van der Waals surface area contributed by atoms with Gasteiger partial charge < -0.3 is 9.84 Å². The van der Waals surface area contributed by atoms with E-state index in [-0.39, 0.29) is 0 Å². The topological polar surface area (TPSA) is 29.5 Å². The second-order valence-electron chi connectivity index (χ2n) is 4.48. The molecule has 2 heteroatoms. The van der Waals surface area contributed by atoms with Crippen molar-refractivity contribution in [1.29, 1.82) is 0 Å². The average Bonchev–Trinajstić information content (AvgIpc) is 2.27. The first-order valence-corrected chi connectivity index (χ1v) is 5.95. The largest absolute Gasteiger partial charge is 0.387 e. The number of benzene rings is 1. The van der Waals surface area contributed by atoms with Gasteiger partial charge >= 0.3 is 0 Å². The Morgan fingerprint density at radius 3 is 2.19 bits per heavy atom. The van der Waals surface area contributed by atoms with Crippen molar-refractivity contribution in [2.24, 2.45) is 0 Å². The molecule has 0 saturated carbocycles. The first-order chi connectivity index (χ1) is 7.57. The van der Waals surface area contributed by atoms with E-state index in [4.69, 9.17) is 4.74 Å². The normalized spacial score (nSPS) is 14.8. The van der Waals surface area contributed by atoms with Gasteiger partial charge in [-0.05, 0) is 31.4 Å². The Balaban J connectivity index is 2.57. The maximum absolute atomic E-state index is 10.1. The van der Waals surface area contributed by atoms with E-state index in [0.717, 1.165) is 12.0 Å². The first-order valence-electron chi connectivity index (χ1n) is 5.95. The van der Waals surface area contributed by atoms with E-state index in [9.17, 15) is 5.11 Å². The van der Waals surface area contributed by atoms with E-state index in [1.165, 1.54) is 5.56 Å². The van der Waals surface area contributed by atoms with Gasteiger partial charge in [-0.3, -0.25) is 0 Å². The zero-order valence-electron chi connectivity index (χ0n) is 10.5. The highest BCUT2D eigenvalue weighted by Gasteiger charge is 2.20. The second-order valence-corrected chi connectivity index (χ2v) is 4.48. The van der Waals surface area contributed by atoms with E-state index in [1.54, 1.807) is 0 Å². The van der Waals surface area contributed by atoms with Crippen LogP contribution < -0.4 is 0 Å². The Morgan fingerprint density at radius 1 is 1.12 bits per heavy atom. The van der Waals surface area contributed by atoms with Crippen LogP contribution >= 0.6 is 0 Å². The standard InChI is InChI=1S/C14H22O2/c1-4-12-6-8-13(9-7-12)10-14(3,15)11-16-5-2/h6-9,15H,4-5,10-11H2,1-3H3. The summed E-state index contributed by atoms with van der Waals surface area (Å²) in [5, 5.41) is 10.1. The van der Waals surface area contributed by atoms with Crippen LogP contribution in [0.25, 0.3) is 0 Å². The zero-order valence-corrected chi connectivity index (χ0v) is 10.5. The fourth-order valence-corrected chi connectivity index (χ4v) is 1.71. The molecule has 1 N–H and O–H groups in total. The van der Waals surface area contributed by atoms with E-state index >= 15 is 0 Å². The molecule has 16 heavy (non-hydrogen) atoms. The Kier molecular flexibility index (Phi) is 4.97. The maximum atomic E-state index is 10.1. The Hall–Kier alpha value is -0.860. The van der Waals surface area contributed by atoms with Crippen LogP contribution in [0.5, 0.6) is 0 Å². The number of hydrogen-bond acceptors (Lipinski definition) is 2. The highest BCUT2D eigenvalue weighted by molar-refractivity contribution is 5.23. The molecule has 0 aliphatic rings. The van der Waals surface area contributed by atoms with Crippen molar-refractivity contribution >= 4 is 0 Å². The van der Waals surface area contributed by atoms with Gasteiger partial charge in [0.15, 0.2) is 0 Å². The Morgan fingerprint density at radius 2 is 1.69 bits per heavy atom. The summed E-state index contributed by atoms with van der Waals surface area (Å²) in [4.78, 5) is 0. The summed E-state index contributed by atoms with van der Waals surface area (Å²) < 4.78 is 5.27. The van der Waals surface area contributed by atoms with Gasteiger partial charge in [-0.15, -0.1) is 0 Å². The van der Waals surface area contributed by atoms with Crippen LogP contribution in [0, 0.1) is 0 Å². The second kappa shape index (κ2) is 6.02. The molecule has 1 aromatic rings. The van der Waals surface area contributed by atoms with Crippen LogP contribution in [0.1, 0.15) is 31.9 Å². The lowest BCUT2D eigenvalue weighted by Gasteiger charge is -2.23. The lowest BCUT2D eigenvalue weighted by Crippen LogP contribution is -2.33. The summed E-state index contributed by atoms with van der Waals surface area (Å²) in [6, 6.07) is 8.40. The molecule has 2 nitrogen and oxygen atoms in total. The molecular weight excluding hydrogens is 200 g/mol. The van der Waals surface area contributed by atoms with Crippen LogP contribution in [0.2, 0.25) is 0 Å². The lowest BCUT2D eigenvalue weighted by atomic mass is 9.96. The third kappa shape index (κ3) is 4.33. The number of aliphatic hydroxyl groups is 1. The molecule has 0 aliphatic carbocycles. The van der Waals surface area contributed by atoms with Crippen molar-refractivity contribution in [3.8, 4) is 0 Å². The molecule has 1 aromatic carbocycles. The quantitative estimate of drug-likeness (QED) is 0.801. The summed E-state index contributed by atoms with van der Waals surface area (Å²) in [7, 11) is 0. The summed E-state index contributed by atoms with van der Waals surface area (Å²) in [5.74, 6) is 0. The summed E-state index contributed by atoms with van der Waals surface area (Å²) in [6.45, 7) is 6.92. The van der Waals surface area contributed by atoms with Crippen molar-refractivity contribution < 1.29 is 9.84 Å². The van der Waals surface area contributed by atoms with Crippen LogP contribution in [-0.4, -0.2) is 23.9 Å². The molecule has 0 heterocycles. The zero-order chi connectivity index (χ0) is 12.0. The van der Waals surface area contributed by atoms with Crippen molar-refractivity contribution in [1.82, 2.24) is 0 Å². The van der Waals surface area contributed by atoms with Crippen molar-refractivity contribution in [3.63, 3.8) is 0 Å². The highest BCUT2D eigenvalue weighted by atomic mass is 16.5. The van der Waals surface area contributed by atoms with Crippen LogP contribution in [0.4, 0.5) is 0 Å². The predicted molar refractivity (Wildman–Crippen MR) is 66.6 cm³/mol. The summed E-state index contributed by atoms with van der Waals surface area (Å²) in [5.41, 5.74) is 1.71. The monoisotopic (exact) mass is 222 g/mol. The van der Waals surface area contributed by atoms with Gasteiger partial charge in [-0.25, -0.2) is 0 Å². The third-order valence-electron chi connectivity index (χ3n) is 2.63. The van der Waals surface area contributed by atoms with Gasteiger partial charge in [0.1, 0.15) is 0 Å². The molecule has 0 spiro atoms. The highest BCUT2D eigenvalue weighted by Crippen LogP contribution is 2.14. The van der Waals surface area contributed by atoms with Crippen molar-refractivity contribution in [3.05, 3.63) is 35.4 Å². The summed E-state index contributed by atoms with van der Waals surface area (Å²) in [6.07, 6.45) is 1.69. The smallest absolute Gasteiger partial charge is 0.0892 e. The molecule has 1 rings (SSSR count). The molecule has 1 unspecified atom stereocenters. The van der Waals surface area contributed by atoms with Gasteiger partial charge in [0, 0.05) is 13.0 Å². The fourth-order valence-electron chi connectivity index (χ4n) is 1.71. The average molecular weight is 222 g/mol. The fraction of sp³-hybridized carbons (Fsp3) is 0.571. The molecule has 0 aliphatic heterocycles. The van der Waals surface area contributed by atoms with Crippen molar-refractivity contribution in [2.45, 2.75) is 39.2 Å². The Bertz CT molecular complexity index is 301. The lowest BCUT2D eigenvalue weighted by molar-refractivity contribution is -0.0296. The van der Waals surface area contributed by atoms with E-state index in [1.807, 2.05) is 13.8 Å². The number of hydrogen-bond donors (Lipinski definition) is 1. The van der Waals surface area contributed by atoms with Crippen LogP contribution in [0.15, 0.2) is 24.3 Å². The minimum absolute atomic E-state index is 0.388. The number of ether oxygens (including phenoxy) is 1. The molecule has 0 bridgehead atoms. The molecule has 0 fully saturated rings. The molecule has 0 radical (unpaired) electrons. The van der Waals surface area contributed by atoms with Crippen LogP contribution in [-0.2, 0) is 17.6 Å². The molecule has 0 saturated heterocycles. The third-order valence-corrected chi connectivity index (χ3v) is 2.63. The maximum Gasteiger partial charge on any atom is 0.0892 e. The minimum Gasteiger partial charge on any atom is -0.387 e. The van der Waals surface area contributed by atoms with Crippen LogP contribution in [0.3, 0.4) is 0 Å². The molecule has 0 amide bonds. The SMILES string of the molecule is CCOCC(C)(O)Cc1ccc(CC)cc1. The van der Waals surface area contributed by atoms with Gasteiger partial charge in [0.2, 0.25) is 0 Å². The molecular formula is C14H22O2. The first kappa shape index (κ1) is 13.2. The molecule has 1 atom stereocenters. The van der Waals surface area contributed by atoms with E-state index in [0.29, 0.717) is 19.6 Å². The molecule has 0 aromatic heterocycles. The van der Waals surface area contributed by atoms with Crippen molar-refractivity contribution in [2.75, 3.05) is 13.2 Å². The van der Waals surface area contributed by atoms with E-state index < -0.39 is 5.60 Å². The minimum atomic E-state index is -0.774. The predicted octanol–water partition coefficient (Wildman–Crippen LogP) is 2.58. The van der Waals surface area contributed by atoms with E-state index in [2.05, 4.69) is 31.2 Å². The van der Waals surface area contributed by atoms with Gasteiger partial charge in [0.25, 0.3) is 0 Å². The van der Waals surface area contributed by atoms with Gasteiger partial charge in [0.05, 0.1) is 12.2 Å². The number of aryl methyl sites for hydroxylation is 1. The number of rotatable bonds is 6. The Labute approximate surface area is 98.3 Å². The summed E-state index contributed by atoms with van der Waals surface area (Å²) >= 11 is 0. The van der Waals surface area contributed by atoms with Gasteiger partial charge in [-0.2, -0.15) is 0 Å². The van der Waals surface area contributed by atoms with Gasteiger partial charge in [-0.1, -0.05) is 31.2 Å². The molecule has 90 valence electrons.